The molecule has 0 bridgehead atoms. The maximum Gasteiger partial charge on any atom is 0.329 e. The fraction of sp³-hybridized carbons (Fsp3) is 0.179. The van der Waals surface area contributed by atoms with E-state index in [1.165, 1.54) is 4.80 Å². The first-order chi connectivity index (χ1) is 18.2. The van der Waals surface area contributed by atoms with Crippen molar-refractivity contribution in [3.05, 3.63) is 96.2 Å². The lowest BCUT2D eigenvalue weighted by Gasteiger charge is -2.10. The van der Waals surface area contributed by atoms with Gasteiger partial charge in [-0.15, -0.1) is 10.2 Å². The van der Waals surface area contributed by atoms with E-state index >= 15 is 0 Å². The largest absolute Gasteiger partial charge is 0.489 e. The Morgan fingerprint density at radius 1 is 0.865 bits per heavy atom. The van der Waals surface area contributed by atoms with Crippen LogP contribution in [0.15, 0.2) is 84.9 Å². The molecule has 0 spiro atoms. The van der Waals surface area contributed by atoms with Crippen molar-refractivity contribution in [1.82, 2.24) is 25.2 Å². The Balaban J connectivity index is 1.15. The minimum atomic E-state index is -0.404. The zero-order valence-electron chi connectivity index (χ0n) is 20.3. The molecular formula is C28H25N5O4. The summed E-state index contributed by atoms with van der Waals surface area (Å²) in [5.74, 6) is 1.44. The van der Waals surface area contributed by atoms with E-state index in [9.17, 15) is 4.79 Å². The Kier molecular flexibility index (Phi) is 7.31. The molecule has 0 aliphatic carbocycles. The predicted octanol–water partition coefficient (Wildman–Crippen LogP) is 4.61. The van der Waals surface area contributed by atoms with Gasteiger partial charge >= 0.3 is 5.97 Å². The van der Waals surface area contributed by atoms with Crippen molar-refractivity contribution in [2.75, 3.05) is 6.61 Å². The Labute approximate surface area is 213 Å². The van der Waals surface area contributed by atoms with Crippen molar-refractivity contribution in [3.63, 3.8) is 0 Å². The number of aromatic nitrogens is 5. The van der Waals surface area contributed by atoms with E-state index in [1.54, 1.807) is 6.92 Å². The fourth-order valence-electron chi connectivity index (χ4n) is 3.66. The molecule has 9 nitrogen and oxygen atoms in total. The number of ether oxygens (including phenoxy) is 3. The summed E-state index contributed by atoms with van der Waals surface area (Å²) in [5, 5.41) is 13.3. The topological polar surface area (TPSA) is 101 Å². The van der Waals surface area contributed by atoms with E-state index < -0.39 is 5.97 Å². The number of carbonyl (C=O) groups excluding carboxylic acids is 1. The van der Waals surface area contributed by atoms with Crippen molar-refractivity contribution in [2.24, 2.45) is 0 Å². The lowest BCUT2D eigenvalue weighted by Crippen LogP contribution is -2.15. The van der Waals surface area contributed by atoms with Crippen LogP contribution in [-0.4, -0.2) is 37.8 Å². The van der Waals surface area contributed by atoms with E-state index in [4.69, 9.17) is 14.2 Å². The number of nitrogens with zero attached hydrogens (tertiary/aromatic N) is 5. The minimum absolute atomic E-state index is 0.0751. The number of hydrogen-bond acceptors (Lipinski definition) is 8. The second-order valence-electron chi connectivity index (χ2n) is 8.19. The van der Waals surface area contributed by atoms with Gasteiger partial charge in [-0.2, -0.15) is 4.80 Å². The molecule has 5 rings (SSSR count). The molecule has 0 saturated carbocycles. The minimum Gasteiger partial charge on any atom is -0.489 e. The Morgan fingerprint density at radius 2 is 1.65 bits per heavy atom. The van der Waals surface area contributed by atoms with Gasteiger partial charge in [-0.3, -0.25) is 0 Å². The van der Waals surface area contributed by atoms with Crippen LogP contribution in [0.2, 0.25) is 0 Å². The van der Waals surface area contributed by atoms with Gasteiger partial charge in [-0.25, -0.2) is 9.78 Å². The third kappa shape index (κ3) is 6.26. The van der Waals surface area contributed by atoms with E-state index in [1.807, 2.05) is 84.9 Å². The summed E-state index contributed by atoms with van der Waals surface area (Å²) in [4.78, 5) is 17.4. The summed E-state index contributed by atoms with van der Waals surface area (Å²) in [6, 6.07) is 27.2. The molecule has 0 unspecified atom stereocenters. The van der Waals surface area contributed by atoms with E-state index in [0.29, 0.717) is 37.1 Å². The molecule has 0 N–H and O–H groups in total. The molecule has 186 valence electrons. The van der Waals surface area contributed by atoms with Gasteiger partial charge in [0.25, 0.3) is 0 Å². The molecule has 0 fully saturated rings. The molecule has 0 atom stereocenters. The first-order valence-corrected chi connectivity index (χ1v) is 11.9. The molecule has 0 aliphatic rings. The summed E-state index contributed by atoms with van der Waals surface area (Å²) in [6.07, 6.45) is 0. The number of rotatable bonds is 10. The van der Waals surface area contributed by atoms with Crippen molar-refractivity contribution in [3.8, 4) is 22.9 Å². The molecule has 2 aromatic heterocycles. The summed E-state index contributed by atoms with van der Waals surface area (Å²) < 4.78 is 16.8. The fourth-order valence-corrected chi connectivity index (χ4v) is 3.66. The first kappa shape index (κ1) is 23.9. The van der Waals surface area contributed by atoms with Gasteiger partial charge < -0.3 is 14.2 Å². The second-order valence-corrected chi connectivity index (χ2v) is 8.19. The van der Waals surface area contributed by atoms with Crippen LogP contribution in [-0.2, 0) is 29.3 Å². The highest BCUT2D eigenvalue weighted by Crippen LogP contribution is 2.22. The van der Waals surface area contributed by atoms with E-state index in [-0.39, 0.29) is 6.54 Å². The number of pyridine rings is 1. The second kappa shape index (κ2) is 11.3. The van der Waals surface area contributed by atoms with Crippen LogP contribution >= 0.6 is 0 Å². The molecular weight excluding hydrogens is 470 g/mol. The Hall–Kier alpha value is -4.79. The van der Waals surface area contributed by atoms with Crippen LogP contribution in [0.3, 0.4) is 0 Å². The first-order valence-electron chi connectivity index (χ1n) is 11.9. The highest BCUT2D eigenvalue weighted by Gasteiger charge is 2.10. The molecule has 0 amide bonds. The third-order valence-electron chi connectivity index (χ3n) is 5.49. The summed E-state index contributed by atoms with van der Waals surface area (Å²) in [5.41, 5.74) is 3.58. The molecule has 0 aliphatic heterocycles. The van der Waals surface area contributed by atoms with E-state index in [2.05, 4.69) is 20.4 Å². The molecule has 2 heterocycles. The summed E-state index contributed by atoms with van der Waals surface area (Å²) in [7, 11) is 0. The average Bonchev–Trinajstić information content (AvgIpc) is 3.39. The van der Waals surface area contributed by atoms with Gasteiger partial charge in [-0.1, -0.05) is 54.6 Å². The van der Waals surface area contributed by atoms with Crippen LogP contribution in [0.5, 0.6) is 11.5 Å². The lowest BCUT2D eigenvalue weighted by atomic mass is 10.1. The monoisotopic (exact) mass is 495 g/mol. The van der Waals surface area contributed by atoms with Crippen LogP contribution in [0.4, 0.5) is 0 Å². The third-order valence-corrected chi connectivity index (χ3v) is 5.49. The van der Waals surface area contributed by atoms with Crippen molar-refractivity contribution in [1.29, 1.82) is 0 Å². The number of esters is 1. The van der Waals surface area contributed by atoms with Crippen LogP contribution in [0.25, 0.3) is 22.3 Å². The van der Waals surface area contributed by atoms with Gasteiger partial charge in [0.05, 0.1) is 17.8 Å². The highest BCUT2D eigenvalue weighted by atomic mass is 16.5. The van der Waals surface area contributed by atoms with Crippen molar-refractivity contribution in [2.45, 2.75) is 26.7 Å². The molecule has 3 aromatic carbocycles. The quantitative estimate of drug-likeness (QED) is 0.259. The zero-order valence-corrected chi connectivity index (χ0v) is 20.3. The maximum atomic E-state index is 11.6. The number of carbonyl (C=O) groups is 1. The predicted molar refractivity (Wildman–Crippen MR) is 137 cm³/mol. The smallest absolute Gasteiger partial charge is 0.329 e. The summed E-state index contributed by atoms with van der Waals surface area (Å²) >= 11 is 0. The lowest BCUT2D eigenvalue weighted by molar-refractivity contribution is -0.144. The highest BCUT2D eigenvalue weighted by molar-refractivity contribution is 5.78. The van der Waals surface area contributed by atoms with Crippen LogP contribution in [0, 0.1) is 0 Å². The van der Waals surface area contributed by atoms with E-state index in [0.717, 1.165) is 27.7 Å². The van der Waals surface area contributed by atoms with Gasteiger partial charge in [0.1, 0.15) is 24.7 Å². The Morgan fingerprint density at radius 3 is 2.46 bits per heavy atom. The van der Waals surface area contributed by atoms with Gasteiger partial charge in [0.15, 0.2) is 6.54 Å². The summed E-state index contributed by atoms with van der Waals surface area (Å²) in [6.45, 7) is 2.74. The number of tetrazole rings is 1. The van der Waals surface area contributed by atoms with Gasteiger partial charge in [-0.05, 0) is 42.0 Å². The average molecular weight is 496 g/mol. The molecule has 9 heteroatoms. The molecule has 0 saturated heterocycles. The van der Waals surface area contributed by atoms with Gasteiger partial charge in [0.2, 0.25) is 5.82 Å². The van der Waals surface area contributed by atoms with Crippen LogP contribution < -0.4 is 9.47 Å². The van der Waals surface area contributed by atoms with Crippen LogP contribution in [0.1, 0.15) is 18.2 Å². The number of para-hydroxylation sites is 1. The number of fused-ring (bicyclic) bond motifs is 1. The van der Waals surface area contributed by atoms with Crippen molar-refractivity contribution >= 4 is 16.9 Å². The standard InChI is InChI=1S/C28H25N5O4/c1-2-35-27(34)17-33-31-28(30-32-33)22-12-10-20(11-13-22)18-36-24-7-5-8-25(16-24)37-19-23-15-14-21-6-3-4-9-26(21)29-23/h3-16H,2,17-19H2,1H3. The molecule has 5 aromatic rings. The maximum absolute atomic E-state index is 11.6. The normalized spacial score (nSPS) is 10.8. The molecule has 0 radical (unpaired) electrons. The number of benzene rings is 3. The van der Waals surface area contributed by atoms with Crippen molar-refractivity contribution < 1.29 is 19.0 Å². The van der Waals surface area contributed by atoms with Gasteiger partial charge in [0, 0.05) is 17.0 Å². The Bertz CT molecular complexity index is 1500. The zero-order chi connectivity index (χ0) is 25.5. The number of hydrogen-bond donors (Lipinski definition) is 0. The SMILES string of the molecule is CCOC(=O)Cn1nnc(-c2ccc(COc3cccc(OCc4ccc5ccccc5n4)c3)cc2)n1. The molecule has 37 heavy (non-hydrogen) atoms.